The third-order valence-electron chi connectivity index (χ3n) is 4.57. The van der Waals surface area contributed by atoms with Gasteiger partial charge in [0.2, 0.25) is 5.95 Å². The fourth-order valence-electron chi connectivity index (χ4n) is 2.92. The van der Waals surface area contributed by atoms with Gasteiger partial charge >= 0.3 is 0 Å². The van der Waals surface area contributed by atoms with Crippen LogP contribution in [0.25, 0.3) is 0 Å². The van der Waals surface area contributed by atoms with Crippen molar-refractivity contribution in [3.63, 3.8) is 0 Å². The molecule has 2 heterocycles. The van der Waals surface area contributed by atoms with Crippen LogP contribution in [0.4, 0.5) is 11.6 Å². The molecule has 3 rings (SSSR count). The summed E-state index contributed by atoms with van der Waals surface area (Å²) in [6.07, 6.45) is 5.47. The lowest BCUT2D eigenvalue weighted by molar-refractivity contribution is 0.102. The van der Waals surface area contributed by atoms with Gasteiger partial charge in [-0.05, 0) is 43.4 Å². The monoisotopic (exact) mass is 340 g/mol. The van der Waals surface area contributed by atoms with Crippen molar-refractivity contribution < 1.29 is 9.53 Å². The number of aromatic nitrogens is 2. The first-order valence-corrected chi connectivity index (χ1v) is 8.60. The first-order valence-electron chi connectivity index (χ1n) is 8.60. The summed E-state index contributed by atoms with van der Waals surface area (Å²) in [7, 11) is 1.58. The van der Waals surface area contributed by atoms with E-state index in [1.165, 1.54) is 0 Å². The smallest absolute Gasteiger partial charge is 0.258 e. The number of carbonyl (C=O) groups is 1. The Morgan fingerprint density at radius 1 is 1.24 bits per heavy atom. The average molecular weight is 340 g/mol. The third kappa shape index (κ3) is 4.07. The van der Waals surface area contributed by atoms with Crippen LogP contribution < -0.4 is 15.0 Å². The van der Waals surface area contributed by atoms with E-state index in [2.05, 4.69) is 27.1 Å². The first kappa shape index (κ1) is 17.2. The van der Waals surface area contributed by atoms with Crippen LogP contribution in [-0.2, 0) is 0 Å². The molecule has 0 unspecified atom stereocenters. The van der Waals surface area contributed by atoms with Gasteiger partial charge in [-0.3, -0.25) is 4.79 Å². The Balaban J connectivity index is 1.70. The number of carbonyl (C=O) groups excluding carboxylic acids is 1. The molecule has 1 fully saturated rings. The van der Waals surface area contributed by atoms with Crippen molar-refractivity contribution in [2.24, 2.45) is 5.92 Å². The van der Waals surface area contributed by atoms with E-state index in [1.54, 1.807) is 19.5 Å². The number of anilines is 2. The lowest BCUT2D eigenvalue weighted by atomic mass is 10.00. The van der Waals surface area contributed by atoms with Crippen molar-refractivity contribution in [2.75, 3.05) is 30.4 Å². The number of hydrogen-bond acceptors (Lipinski definition) is 5. The largest absolute Gasteiger partial charge is 0.495 e. The summed E-state index contributed by atoms with van der Waals surface area (Å²) in [5, 5.41) is 2.87. The number of methoxy groups -OCH3 is 1. The van der Waals surface area contributed by atoms with Crippen molar-refractivity contribution in [3.8, 4) is 5.75 Å². The molecule has 6 nitrogen and oxygen atoms in total. The molecular weight excluding hydrogens is 316 g/mol. The molecule has 1 aliphatic heterocycles. The molecule has 1 aromatic carbocycles. The Bertz CT molecular complexity index is 738. The second-order valence-electron chi connectivity index (χ2n) is 6.60. The zero-order valence-corrected chi connectivity index (χ0v) is 15.0. The molecule has 1 aromatic heterocycles. The molecule has 25 heavy (non-hydrogen) atoms. The van der Waals surface area contributed by atoms with E-state index >= 15 is 0 Å². The fourth-order valence-corrected chi connectivity index (χ4v) is 2.92. The summed E-state index contributed by atoms with van der Waals surface area (Å²) in [6, 6.07) is 5.65. The maximum atomic E-state index is 12.5. The minimum absolute atomic E-state index is 0.247. The van der Waals surface area contributed by atoms with Crippen molar-refractivity contribution in [1.82, 2.24) is 9.97 Å². The minimum Gasteiger partial charge on any atom is -0.495 e. The molecule has 1 aliphatic rings. The first-order chi connectivity index (χ1) is 12.1. The number of nitrogens with zero attached hydrogens (tertiary/aromatic N) is 3. The van der Waals surface area contributed by atoms with Gasteiger partial charge in [-0.1, -0.05) is 13.0 Å². The van der Waals surface area contributed by atoms with Crippen LogP contribution in [0.1, 0.15) is 35.7 Å². The van der Waals surface area contributed by atoms with Crippen LogP contribution in [0.2, 0.25) is 0 Å². The number of hydrogen-bond donors (Lipinski definition) is 1. The average Bonchev–Trinajstić information content (AvgIpc) is 2.63. The topological polar surface area (TPSA) is 67.3 Å². The quantitative estimate of drug-likeness (QED) is 0.925. The Kier molecular flexibility index (Phi) is 5.16. The highest BCUT2D eigenvalue weighted by Gasteiger charge is 2.18. The summed E-state index contributed by atoms with van der Waals surface area (Å²) >= 11 is 0. The minimum atomic E-state index is -0.247. The molecule has 6 heteroatoms. The molecule has 132 valence electrons. The summed E-state index contributed by atoms with van der Waals surface area (Å²) in [6.45, 7) is 6.16. The van der Waals surface area contributed by atoms with Crippen LogP contribution in [0.3, 0.4) is 0 Å². The standard InChI is InChI=1S/C19H24N4O2/c1-13-6-8-23(9-7-13)19-20-11-15(12-21-19)18(24)22-16-10-14(2)4-5-17(16)25-3/h4-5,10-13H,6-9H2,1-3H3,(H,22,24). The van der Waals surface area contributed by atoms with Gasteiger partial charge < -0.3 is 15.0 Å². The van der Waals surface area contributed by atoms with Crippen LogP contribution in [0.15, 0.2) is 30.6 Å². The second kappa shape index (κ2) is 7.51. The summed E-state index contributed by atoms with van der Waals surface area (Å²) in [4.78, 5) is 23.4. The molecule has 1 saturated heterocycles. The van der Waals surface area contributed by atoms with Gasteiger partial charge in [0.15, 0.2) is 0 Å². The van der Waals surface area contributed by atoms with E-state index in [0.717, 1.165) is 37.4 Å². The maximum absolute atomic E-state index is 12.5. The number of rotatable bonds is 4. The van der Waals surface area contributed by atoms with Gasteiger partial charge in [-0.15, -0.1) is 0 Å². The van der Waals surface area contributed by atoms with Gasteiger partial charge in [0.1, 0.15) is 5.75 Å². The molecule has 0 radical (unpaired) electrons. The number of ether oxygens (including phenoxy) is 1. The number of piperidine rings is 1. The van der Waals surface area contributed by atoms with Gasteiger partial charge in [-0.2, -0.15) is 0 Å². The molecule has 0 atom stereocenters. The maximum Gasteiger partial charge on any atom is 0.258 e. The number of benzene rings is 1. The van der Waals surface area contributed by atoms with E-state index in [0.29, 0.717) is 22.9 Å². The van der Waals surface area contributed by atoms with Gasteiger partial charge in [-0.25, -0.2) is 9.97 Å². The summed E-state index contributed by atoms with van der Waals surface area (Å²) in [5.74, 6) is 1.82. The predicted molar refractivity (Wildman–Crippen MR) is 98.3 cm³/mol. The summed E-state index contributed by atoms with van der Waals surface area (Å²) in [5.41, 5.74) is 2.11. The van der Waals surface area contributed by atoms with Crippen molar-refractivity contribution in [2.45, 2.75) is 26.7 Å². The van der Waals surface area contributed by atoms with E-state index < -0.39 is 0 Å². The lowest BCUT2D eigenvalue weighted by Crippen LogP contribution is -2.34. The normalized spacial score (nSPS) is 15.1. The van der Waals surface area contributed by atoms with E-state index in [4.69, 9.17) is 4.74 Å². The Morgan fingerprint density at radius 2 is 1.92 bits per heavy atom. The predicted octanol–water partition coefficient (Wildman–Crippen LogP) is 3.28. The zero-order chi connectivity index (χ0) is 17.8. The summed E-state index contributed by atoms with van der Waals surface area (Å²) < 4.78 is 5.29. The lowest BCUT2D eigenvalue weighted by Gasteiger charge is -2.30. The molecule has 1 amide bonds. The van der Waals surface area contributed by atoms with E-state index in [9.17, 15) is 4.79 Å². The SMILES string of the molecule is COc1ccc(C)cc1NC(=O)c1cnc(N2CCC(C)CC2)nc1. The van der Waals surface area contributed by atoms with Crippen LogP contribution in [0, 0.1) is 12.8 Å². The van der Waals surface area contributed by atoms with Crippen LogP contribution in [0.5, 0.6) is 5.75 Å². The molecule has 1 N–H and O–H groups in total. The third-order valence-corrected chi connectivity index (χ3v) is 4.57. The van der Waals surface area contributed by atoms with Crippen molar-refractivity contribution in [1.29, 1.82) is 0 Å². The van der Waals surface area contributed by atoms with Gasteiger partial charge in [0.05, 0.1) is 18.4 Å². The van der Waals surface area contributed by atoms with E-state index in [-0.39, 0.29) is 5.91 Å². The molecule has 0 aliphatic carbocycles. The van der Waals surface area contributed by atoms with Gasteiger partial charge in [0, 0.05) is 25.5 Å². The number of aryl methyl sites for hydroxylation is 1. The molecule has 0 saturated carbocycles. The highest BCUT2D eigenvalue weighted by molar-refractivity contribution is 6.04. The second-order valence-corrected chi connectivity index (χ2v) is 6.60. The number of amides is 1. The molecule has 0 spiro atoms. The Hall–Kier alpha value is -2.63. The number of nitrogens with one attached hydrogen (secondary N) is 1. The molecular formula is C19H24N4O2. The zero-order valence-electron chi connectivity index (χ0n) is 15.0. The highest BCUT2D eigenvalue weighted by Crippen LogP contribution is 2.26. The fraction of sp³-hybridized carbons (Fsp3) is 0.421. The van der Waals surface area contributed by atoms with E-state index in [1.807, 2.05) is 25.1 Å². The Morgan fingerprint density at radius 3 is 2.56 bits per heavy atom. The molecule has 0 bridgehead atoms. The Labute approximate surface area is 148 Å². The van der Waals surface area contributed by atoms with Crippen molar-refractivity contribution >= 4 is 17.5 Å². The van der Waals surface area contributed by atoms with Crippen molar-refractivity contribution in [3.05, 3.63) is 41.7 Å². The van der Waals surface area contributed by atoms with Crippen LogP contribution in [-0.4, -0.2) is 36.1 Å². The van der Waals surface area contributed by atoms with Crippen LogP contribution >= 0.6 is 0 Å². The highest BCUT2D eigenvalue weighted by atomic mass is 16.5. The van der Waals surface area contributed by atoms with Gasteiger partial charge in [0.25, 0.3) is 5.91 Å². The molecule has 2 aromatic rings.